The highest BCUT2D eigenvalue weighted by Crippen LogP contribution is 2.27. The Kier molecular flexibility index (Phi) is 12.4. The molecule has 37 heavy (non-hydrogen) atoms. The van der Waals surface area contributed by atoms with Crippen molar-refractivity contribution in [3.05, 3.63) is 72.1 Å². The Labute approximate surface area is 222 Å². The highest BCUT2D eigenvalue weighted by molar-refractivity contribution is 6.38. The standard InChI is InChI=1S/C31H44F2N2O2/c1-6-10-24(11-8-21-32)15-19-27(20-16-25-13-17-26(33)18-14-25)34(5)23-28-12-9-22-35(28)30(37)29(36)31(3,4)7-2/h6,8,10-11,13-14,17-18,27-28H,1,7,9,12,15-16,19-23H2,2-5H3/b11-8-,24-10+. The summed E-state index contributed by atoms with van der Waals surface area (Å²) in [5.74, 6) is -0.919. The van der Waals surface area contributed by atoms with Gasteiger partial charge < -0.3 is 9.80 Å². The molecular formula is C31H44F2N2O2. The molecular weight excluding hydrogens is 470 g/mol. The van der Waals surface area contributed by atoms with Crippen molar-refractivity contribution in [2.45, 2.75) is 77.8 Å². The van der Waals surface area contributed by atoms with Crippen LogP contribution in [0.3, 0.4) is 0 Å². The molecule has 2 atom stereocenters. The zero-order chi connectivity index (χ0) is 27.4. The molecule has 0 saturated carbocycles. The molecule has 1 heterocycles. The molecule has 1 amide bonds. The van der Waals surface area contributed by atoms with Crippen LogP contribution in [0.2, 0.25) is 0 Å². The first-order chi connectivity index (χ1) is 17.6. The molecule has 0 N–H and O–H groups in total. The summed E-state index contributed by atoms with van der Waals surface area (Å²) < 4.78 is 26.1. The molecule has 204 valence electrons. The largest absolute Gasteiger partial charge is 0.332 e. The topological polar surface area (TPSA) is 40.6 Å². The van der Waals surface area contributed by atoms with E-state index in [4.69, 9.17) is 0 Å². The predicted octanol–water partition coefficient (Wildman–Crippen LogP) is 6.47. The third-order valence-corrected chi connectivity index (χ3v) is 7.65. The first-order valence-corrected chi connectivity index (χ1v) is 13.5. The summed E-state index contributed by atoms with van der Waals surface area (Å²) in [6, 6.07) is 6.79. The van der Waals surface area contributed by atoms with Crippen molar-refractivity contribution in [2.75, 3.05) is 26.8 Å². The Bertz CT molecular complexity index is 952. The molecule has 1 aliphatic rings. The zero-order valence-corrected chi connectivity index (χ0v) is 23.0. The van der Waals surface area contributed by atoms with E-state index in [-0.39, 0.29) is 29.6 Å². The van der Waals surface area contributed by atoms with Gasteiger partial charge in [-0.25, -0.2) is 8.78 Å². The van der Waals surface area contributed by atoms with Gasteiger partial charge in [-0.3, -0.25) is 9.59 Å². The molecule has 1 aromatic rings. The van der Waals surface area contributed by atoms with Crippen molar-refractivity contribution in [3.8, 4) is 0 Å². The number of nitrogens with zero attached hydrogens (tertiary/aromatic N) is 2. The van der Waals surface area contributed by atoms with Gasteiger partial charge in [0.05, 0.1) is 0 Å². The third kappa shape index (κ3) is 9.33. The van der Waals surface area contributed by atoms with E-state index in [1.807, 2.05) is 39.0 Å². The Morgan fingerprint density at radius 3 is 2.57 bits per heavy atom. The van der Waals surface area contributed by atoms with Crippen LogP contribution in [0.5, 0.6) is 0 Å². The van der Waals surface area contributed by atoms with Gasteiger partial charge >= 0.3 is 0 Å². The number of alkyl halides is 1. The summed E-state index contributed by atoms with van der Waals surface area (Å²) in [6.45, 7) is 10.2. The maximum atomic E-state index is 13.4. The lowest BCUT2D eigenvalue weighted by molar-refractivity contribution is -0.150. The summed E-state index contributed by atoms with van der Waals surface area (Å²) in [5, 5.41) is 0. The molecule has 4 nitrogen and oxygen atoms in total. The maximum Gasteiger partial charge on any atom is 0.290 e. The van der Waals surface area contributed by atoms with E-state index in [2.05, 4.69) is 18.5 Å². The average molecular weight is 515 g/mol. The van der Waals surface area contributed by atoms with Gasteiger partial charge in [-0.15, -0.1) is 0 Å². The highest BCUT2D eigenvalue weighted by Gasteiger charge is 2.39. The number of amides is 1. The number of likely N-dealkylation sites (N-methyl/N-ethyl adjacent to an activating group) is 1. The number of hydrogen-bond donors (Lipinski definition) is 0. The Balaban J connectivity index is 2.14. The van der Waals surface area contributed by atoms with Crippen molar-refractivity contribution in [3.63, 3.8) is 0 Å². The number of halogens is 2. The van der Waals surface area contributed by atoms with Crippen molar-refractivity contribution >= 4 is 11.7 Å². The van der Waals surface area contributed by atoms with Gasteiger partial charge in [-0.05, 0) is 75.3 Å². The molecule has 0 aliphatic carbocycles. The van der Waals surface area contributed by atoms with Crippen LogP contribution in [-0.2, 0) is 16.0 Å². The molecule has 1 saturated heterocycles. The maximum absolute atomic E-state index is 13.4. The minimum atomic E-state index is -0.658. The van der Waals surface area contributed by atoms with Crippen molar-refractivity contribution in [2.24, 2.45) is 5.41 Å². The van der Waals surface area contributed by atoms with E-state index in [9.17, 15) is 18.4 Å². The van der Waals surface area contributed by atoms with Crippen molar-refractivity contribution in [1.29, 1.82) is 0 Å². The first kappa shape index (κ1) is 30.6. The first-order valence-electron chi connectivity index (χ1n) is 13.5. The van der Waals surface area contributed by atoms with Gasteiger partial charge in [0.15, 0.2) is 0 Å². The van der Waals surface area contributed by atoms with Gasteiger partial charge in [0, 0.05) is 30.6 Å². The quantitative estimate of drug-likeness (QED) is 0.199. The summed E-state index contributed by atoms with van der Waals surface area (Å²) in [7, 11) is 2.07. The van der Waals surface area contributed by atoms with E-state index >= 15 is 0 Å². The number of aryl methyl sites for hydroxylation is 1. The van der Waals surface area contributed by atoms with E-state index in [1.54, 1.807) is 17.1 Å². The van der Waals surface area contributed by atoms with Crippen LogP contribution >= 0.6 is 0 Å². The second-order valence-electron chi connectivity index (χ2n) is 10.7. The van der Waals surface area contributed by atoms with Crippen LogP contribution in [0.25, 0.3) is 0 Å². The van der Waals surface area contributed by atoms with Crippen LogP contribution < -0.4 is 0 Å². The second kappa shape index (κ2) is 15.0. The lowest BCUT2D eigenvalue weighted by atomic mass is 9.84. The molecule has 0 aromatic heterocycles. The van der Waals surface area contributed by atoms with Gasteiger partial charge in [0.2, 0.25) is 5.78 Å². The van der Waals surface area contributed by atoms with Crippen molar-refractivity contribution in [1.82, 2.24) is 9.80 Å². The molecule has 1 fully saturated rings. The van der Waals surface area contributed by atoms with E-state index < -0.39 is 12.1 Å². The number of likely N-dealkylation sites (tertiary alicyclic amines) is 1. The van der Waals surface area contributed by atoms with Crippen LogP contribution in [0.15, 0.2) is 60.7 Å². The molecule has 0 bridgehead atoms. The van der Waals surface area contributed by atoms with E-state index in [1.165, 1.54) is 18.2 Å². The SMILES string of the molecule is C=C/C=C(\C=C/CF)CCC(CCc1ccc(F)cc1)N(C)CC1CCCN1C(=O)C(=O)C(C)(C)CC. The summed E-state index contributed by atoms with van der Waals surface area (Å²) in [4.78, 5) is 30.1. The smallest absolute Gasteiger partial charge is 0.290 e. The fourth-order valence-corrected chi connectivity index (χ4v) is 4.83. The predicted molar refractivity (Wildman–Crippen MR) is 148 cm³/mol. The second-order valence-corrected chi connectivity index (χ2v) is 10.7. The number of ketones is 1. The summed E-state index contributed by atoms with van der Waals surface area (Å²) in [5.41, 5.74) is 1.43. The van der Waals surface area contributed by atoms with E-state index in [0.29, 0.717) is 19.5 Å². The minimum Gasteiger partial charge on any atom is -0.332 e. The number of rotatable bonds is 15. The number of Topliss-reactive ketones (excluding diaryl/α,β-unsaturated/α-hetero) is 1. The van der Waals surface area contributed by atoms with Gasteiger partial charge in [0.25, 0.3) is 5.91 Å². The normalized spacial score (nSPS) is 17.5. The lowest BCUT2D eigenvalue weighted by Gasteiger charge is -2.34. The van der Waals surface area contributed by atoms with Crippen LogP contribution in [0.1, 0.15) is 64.9 Å². The van der Waals surface area contributed by atoms with E-state index in [0.717, 1.165) is 49.7 Å². The van der Waals surface area contributed by atoms with Crippen LogP contribution in [-0.4, -0.2) is 60.4 Å². The summed E-state index contributed by atoms with van der Waals surface area (Å²) >= 11 is 0. The number of benzene rings is 1. The highest BCUT2D eigenvalue weighted by atomic mass is 19.1. The third-order valence-electron chi connectivity index (χ3n) is 7.65. The van der Waals surface area contributed by atoms with Gasteiger partial charge in [0.1, 0.15) is 12.5 Å². The summed E-state index contributed by atoms with van der Waals surface area (Å²) in [6.07, 6.45) is 12.6. The minimum absolute atomic E-state index is 0.00273. The monoisotopic (exact) mass is 514 g/mol. The molecule has 2 rings (SSSR count). The average Bonchev–Trinajstić information content (AvgIpc) is 3.35. The Morgan fingerprint density at radius 2 is 1.95 bits per heavy atom. The molecule has 2 unspecified atom stereocenters. The molecule has 0 spiro atoms. The fourth-order valence-electron chi connectivity index (χ4n) is 4.83. The molecule has 1 aliphatic heterocycles. The fraction of sp³-hybridized carbons (Fsp3) is 0.548. The number of allylic oxidation sites excluding steroid dienone is 5. The van der Waals surface area contributed by atoms with Gasteiger partial charge in [-0.1, -0.05) is 63.8 Å². The number of hydrogen-bond acceptors (Lipinski definition) is 3. The van der Waals surface area contributed by atoms with Gasteiger partial charge in [-0.2, -0.15) is 0 Å². The molecule has 6 heteroatoms. The number of carbonyl (C=O) groups is 2. The zero-order valence-electron chi connectivity index (χ0n) is 23.0. The van der Waals surface area contributed by atoms with Crippen LogP contribution in [0.4, 0.5) is 8.78 Å². The lowest BCUT2D eigenvalue weighted by Crippen LogP contribution is -2.49. The Hall–Kier alpha value is -2.60. The molecule has 0 radical (unpaired) electrons. The van der Waals surface area contributed by atoms with Crippen LogP contribution in [0, 0.1) is 11.2 Å². The van der Waals surface area contributed by atoms with Crippen molar-refractivity contribution < 1.29 is 18.4 Å². The Morgan fingerprint density at radius 1 is 1.24 bits per heavy atom. The molecule has 1 aromatic carbocycles. The number of carbonyl (C=O) groups excluding carboxylic acids is 2.